The fourth-order valence-electron chi connectivity index (χ4n) is 3.50. The van der Waals surface area contributed by atoms with Gasteiger partial charge in [-0.15, -0.1) is 12.4 Å². The maximum Gasteiger partial charge on any atom is 0.511 e. The Labute approximate surface area is 214 Å². The van der Waals surface area contributed by atoms with E-state index in [0.29, 0.717) is 17.7 Å². The molecular formula is C24H29ClN4O7. The molecule has 0 spiro atoms. The third-order valence-corrected chi connectivity index (χ3v) is 5.20. The minimum atomic E-state index is -1.12. The molecule has 1 fully saturated rings. The van der Waals surface area contributed by atoms with Gasteiger partial charge in [0.1, 0.15) is 18.2 Å². The number of hydrogen-bond acceptors (Lipinski definition) is 9. The van der Waals surface area contributed by atoms with Crippen molar-refractivity contribution in [3.05, 3.63) is 48.2 Å². The first-order chi connectivity index (χ1) is 16.7. The Morgan fingerprint density at radius 3 is 2.53 bits per heavy atom. The molecular weight excluding hydrogens is 492 g/mol. The van der Waals surface area contributed by atoms with Crippen molar-refractivity contribution in [2.24, 2.45) is 11.7 Å². The Kier molecular flexibility index (Phi) is 10.5. The van der Waals surface area contributed by atoms with E-state index in [1.165, 1.54) is 6.92 Å². The van der Waals surface area contributed by atoms with E-state index >= 15 is 0 Å². The summed E-state index contributed by atoms with van der Waals surface area (Å²) in [4.78, 5) is 39.9. The van der Waals surface area contributed by atoms with E-state index in [4.69, 9.17) is 25.4 Å². The van der Waals surface area contributed by atoms with Crippen molar-refractivity contribution < 1.29 is 33.3 Å². The topological polar surface area (TPSA) is 163 Å². The van der Waals surface area contributed by atoms with Crippen molar-refractivity contribution in [3.63, 3.8) is 0 Å². The predicted molar refractivity (Wildman–Crippen MR) is 132 cm³/mol. The van der Waals surface area contributed by atoms with Crippen molar-refractivity contribution in [2.45, 2.75) is 39.0 Å². The van der Waals surface area contributed by atoms with Crippen molar-refractivity contribution in [1.82, 2.24) is 10.3 Å². The molecule has 1 saturated heterocycles. The lowest BCUT2D eigenvalue weighted by atomic mass is 10.0. The van der Waals surface area contributed by atoms with Crippen LogP contribution in [0.1, 0.15) is 32.3 Å². The molecule has 1 unspecified atom stereocenters. The van der Waals surface area contributed by atoms with Crippen LogP contribution >= 0.6 is 12.4 Å². The van der Waals surface area contributed by atoms with Crippen LogP contribution < -0.4 is 15.8 Å². The fraction of sp³-hybridized carbons (Fsp3) is 0.375. The molecule has 0 radical (unpaired) electrons. The van der Waals surface area contributed by atoms with E-state index in [1.807, 2.05) is 12.1 Å². The zero-order chi connectivity index (χ0) is 25.4. The number of rotatable bonds is 10. The quantitative estimate of drug-likeness (QED) is 0.185. The lowest BCUT2D eigenvalue weighted by Crippen LogP contribution is -2.31. The molecule has 1 aromatic carbocycles. The average Bonchev–Trinajstić information content (AvgIpc) is 3.16. The van der Waals surface area contributed by atoms with Crippen LogP contribution in [-0.4, -0.2) is 54.4 Å². The highest BCUT2D eigenvalue weighted by Gasteiger charge is 2.34. The van der Waals surface area contributed by atoms with Crippen LogP contribution in [0.4, 0.5) is 4.79 Å². The lowest BCUT2D eigenvalue weighted by molar-refractivity contribution is -0.169. The van der Waals surface area contributed by atoms with E-state index in [1.54, 1.807) is 37.4 Å². The van der Waals surface area contributed by atoms with Gasteiger partial charge in [0.05, 0.1) is 30.7 Å². The van der Waals surface area contributed by atoms with Crippen LogP contribution in [0, 0.1) is 11.3 Å². The summed E-state index contributed by atoms with van der Waals surface area (Å²) < 4.78 is 20.2. The number of hydrogen-bond donors (Lipinski definition) is 3. The van der Waals surface area contributed by atoms with Gasteiger partial charge in [0, 0.05) is 24.2 Å². The highest BCUT2D eigenvalue weighted by molar-refractivity contribution is 5.94. The molecule has 194 valence electrons. The van der Waals surface area contributed by atoms with Gasteiger partial charge >= 0.3 is 12.1 Å². The van der Waals surface area contributed by atoms with Gasteiger partial charge in [0.2, 0.25) is 12.2 Å². The van der Waals surface area contributed by atoms with E-state index in [9.17, 15) is 14.4 Å². The number of ether oxygens (including phenoxy) is 4. The second kappa shape index (κ2) is 13.3. The molecule has 4 N–H and O–H groups in total. The number of nitrogen functional groups attached to an aromatic ring is 1. The molecule has 3 rings (SSSR count). The molecule has 36 heavy (non-hydrogen) atoms. The molecule has 12 heteroatoms. The summed E-state index contributed by atoms with van der Waals surface area (Å²) in [6.07, 6.45) is -0.228. The zero-order valence-corrected chi connectivity index (χ0v) is 20.7. The largest absolute Gasteiger partial charge is 0.511 e. The zero-order valence-electron chi connectivity index (χ0n) is 19.9. The summed E-state index contributed by atoms with van der Waals surface area (Å²) in [7, 11) is 0. The molecule has 1 aromatic heterocycles. The molecule has 2 heterocycles. The van der Waals surface area contributed by atoms with Crippen molar-refractivity contribution >= 4 is 36.3 Å². The van der Waals surface area contributed by atoms with Gasteiger partial charge in [-0.05, 0) is 49.7 Å². The highest BCUT2D eigenvalue weighted by atomic mass is 35.5. The van der Waals surface area contributed by atoms with Gasteiger partial charge < -0.3 is 30.0 Å². The van der Waals surface area contributed by atoms with Crippen LogP contribution in [0.5, 0.6) is 5.75 Å². The first kappa shape index (κ1) is 28.4. The molecule has 1 aliphatic rings. The van der Waals surface area contributed by atoms with Crippen molar-refractivity contribution in [3.8, 4) is 17.0 Å². The third kappa shape index (κ3) is 8.12. The van der Waals surface area contributed by atoms with Gasteiger partial charge in [-0.1, -0.05) is 0 Å². The number of benzene rings is 1. The summed E-state index contributed by atoms with van der Waals surface area (Å²) in [6, 6.07) is 10.6. The summed E-state index contributed by atoms with van der Waals surface area (Å²) in [5.41, 5.74) is 7.62. The number of esters is 1. The molecule has 0 bridgehead atoms. The summed E-state index contributed by atoms with van der Waals surface area (Å²) in [6.45, 7) is 3.40. The Bertz CT molecular complexity index is 1060. The van der Waals surface area contributed by atoms with Crippen LogP contribution in [0.15, 0.2) is 42.6 Å². The molecule has 3 atom stereocenters. The fourth-order valence-corrected chi connectivity index (χ4v) is 3.50. The van der Waals surface area contributed by atoms with Crippen molar-refractivity contribution in [2.75, 3.05) is 13.2 Å². The van der Waals surface area contributed by atoms with Gasteiger partial charge in [-0.2, -0.15) is 0 Å². The van der Waals surface area contributed by atoms with Gasteiger partial charge in [0.15, 0.2) is 0 Å². The molecule has 2 aromatic rings. The highest BCUT2D eigenvalue weighted by Crippen LogP contribution is 2.23. The van der Waals surface area contributed by atoms with E-state index in [0.717, 1.165) is 11.3 Å². The maximum absolute atomic E-state index is 12.2. The number of nitrogens with zero attached hydrogens (tertiary/aromatic N) is 1. The molecule has 11 nitrogen and oxygen atoms in total. The standard InChI is InChI=1S/C24H28N4O7.ClH/c1-3-32-24(31)35-14(2)34-21(29)11-17-10-18(28-23(17)30)13-33-19-7-4-15(5-8-19)20-9-6-16(12-27-20)22(25)26;/h4-9,12,14,17-18H,3,10-11,13H2,1-2H3,(H3,25,26)(H,28,30);1H/t14?,17-,18-;/m0./s1. The number of nitrogens with two attached hydrogens (primary N) is 1. The summed E-state index contributed by atoms with van der Waals surface area (Å²) in [5.74, 6) is -0.883. The minimum Gasteiger partial charge on any atom is -0.491 e. The number of amides is 1. The first-order valence-electron chi connectivity index (χ1n) is 11.1. The summed E-state index contributed by atoms with van der Waals surface area (Å²) in [5, 5.41) is 10.2. The SMILES string of the molecule is CCOC(=O)OC(C)OC(=O)C[C@@H]1C[C@@H](COc2ccc(-c3ccc(C(=N)N)cn3)cc2)NC1=O.Cl. The average molecular weight is 521 g/mol. The monoisotopic (exact) mass is 520 g/mol. The number of aromatic nitrogens is 1. The Morgan fingerprint density at radius 1 is 1.19 bits per heavy atom. The van der Waals surface area contributed by atoms with Crippen LogP contribution in [0.25, 0.3) is 11.3 Å². The minimum absolute atomic E-state index is 0. The van der Waals surface area contributed by atoms with Gasteiger partial charge in [-0.3, -0.25) is 20.0 Å². The maximum atomic E-state index is 12.2. The molecule has 1 aliphatic heterocycles. The lowest BCUT2D eigenvalue weighted by Gasteiger charge is -2.14. The third-order valence-electron chi connectivity index (χ3n) is 5.20. The van der Waals surface area contributed by atoms with E-state index in [2.05, 4.69) is 15.0 Å². The molecule has 1 amide bonds. The number of pyridine rings is 1. The predicted octanol–water partition coefficient (Wildman–Crippen LogP) is 2.79. The summed E-state index contributed by atoms with van der Waals surface area (Å²) >= 11 is 0. The Morgan fingerprint density at radius 2 is 1.92 bits per heavy atom. The van der Waals surface area contributed by atoms with Gasteiger partial charge in [0.25, 0.3) is 0 Å². The normalized spacial score (nSPS) is 17.2. The van der Waals surface area contributed by atoms with Crippen LogP contribution in [0.3, 0.4) is 0 Å². The Hall–Kier alpha value is -3.86. The molecule has 0 aliphatic carbocycles. The number of nitrogens with one attached hydrogen (secondary N) is 2. The number of halogens is 1. The number of carbonyl (C=O) groups is 3. The van der Waals surface area contributed by atoms with Gasteiger partial charge in [-0.25, -0.2) is 4.79 Å². The van der Waals surface area contributed by atoms with E-state index < -0.39 is 24.3 Å². The number of carbonyl (C=O) groups excluding carboxylic acids is 3. The first-order valence-corrected chi connectivity index (χ1v) is 11.1. The van der Waals surface area contributed by atoms with Crippen molar-refractivity contribution in [1.29, 1.82) is 5.41 Å². The van der Waals surface area contributed by atoms with Crippen LogP contribution in [0.2, 0.25) is 0 Å². The molecule has 0 saturated carbocycles. The smallest absolute Gasteiger partial charge is 0.491 e. The van der Waals surface area contributed by atoms with E-state index in [-0.39, 0.29) is 49.8 Å². The Balaban J connectivity index is 0.00000456. The second-order valence-corrected chi connectivity index (χ2v) is 7.88. The second-order valence-electron chi connectivity index (χ2n) is 7.88. The van der Waals surface area contributed by atoms with Crippen LogP contribution in [-0.2, 0) is 23.8 Å². The number of amidine groups is 1.